The Balaban J connectivity index is 2.70. The Morgan fingerprint density at radius 1 is 1.50 bits per heavy atom. The van der Waals surface area contributed by atoms with Crippen LogP contribution in [0.2, 0.25) is 0 Å². The third-order valence-electron chi connectivity index (χ3n) is 1.75. The van der Waals surface area contributed by atoms with Gasteiger partial charge in [-0.1, -0.05) is 12.1 Å². The van der Waals surface area contributed by atoms with E-state index in [9.17, 15) is 4.79 Å². The second-order valence-electron chi connectivity index (χ2n) is 2.79. The minimum absolute atomic E-state index is 0.1000. The number of para-hydroxylation sites is 2. The summed E-state index contributed by atoms with van der Waals surface area (Å²) in [6.07, 6.45) is 0.318. The molecule has 0 aliphatic rings. The van der Waals surface area contributed by atoms with Crippen molar-refractivity contribution in [1.82, 2.24) is 0 Å². The number of nitrogens with two attached hydrogens (primary N) is 1. The van der Waals surface area contributed by atoms with Crippen LogP contribution in [0.1, 0.15) is 6.42 Å². The quantitative estimate of drug-likeness (QED) is 0.751. The summed E-state index contributed by atoms with van der Waals surface area (Å²) in [5.41, 5.74) is 5.94. The lowest BCUT2D eigenvalue weighted by Crippen LogP contribution is -2.16. The summed E-state index contributed by atoms with van der Waals surface area (Å²) in [5.74, 6) is 0.551. The maximum Gasteiger partial charge on any atom is 0.225 e. The van der Waals surface area contributed by atoms with E-state index < -0.39 is 0 Å². The average molecular weight is 194 g/mol. The first-order valence-corrected chi connectivity index (χ1v) is 4.41. The number of nitrogens with one attached hydrogen (secondary N) is 1. The maximum atomic E-state index is 11.2. The highest BCUT2D eigenvalue weighted by atomic mass is 16.5. The van der Waals surface area contributed by atoms with Gasteiger partial charge in [-0.3, -0.25) is 4.79 Å². The molecule has 0 aromatic heterocycles. The van der Waals surface area contributed by atoms with Crippen molar-refractivity contribution < 1.29 is 9.53 Å². The molecule has 1 rings (SSSR count). The Hall–Kier alpha value is -1.55. The topological polar surface area (TPSA) is 64.3 Å². The lowest BCUT2D eigenvalue weighted by Gasteiger charge is -2.08. The van der Waals surface area contributed by atoms with Gasteiger partial charge in [-0.25, -0.2) is 0 Å². The van der Waals surface area contributed by atoms with Crippen LogP contribution in [0.5, 0.6) is 5.75 Å². The van der Waals surface area contributed by atoms with Crippen LogP contribution in [0, 0.1) is 0 Å². The number of hydrogen-bond donors (Lipinski definition) is 2. The highest BCUT2D eigenvalue weighted by molar-refractivity contribution is 5.92. The molecule has 4 nitrogen and oxygen atoms in total. The van der Waals surface area contributed by atoms with Crippen molar-refractivity contribution in [3.8, 4) is 5.75 Å². The summed E-state index contributed by atoms with van der Waals surface area (Å²) in [7, 11) is 1.56. The second kappa shape index (κ2) is 5.24. The summed E-state index contributed by atoms with van der Waals surface area (Å²) in [6.45, 7) is 0.348. The van der Waals surface area contributed by atoms with E-state index in [2.05, 4.69) is 5.32 Å². The Morgan fingerprint density at radius 3 is 2.86 bits per heavy atom. The highest BCUT2D eigenvalue weighted by Gasteiger charge is 2.04. The molecule has 1 amide bonds. The number of carbonyl (C=O) groups excluding carboxylic acids is 1. The van der Waals surface area contributed by atoms with Crippen molar-refractivity contribution in [2.45, 2.75) is 6.42 Å². The van der Waals surface area contributed by atoms with Gasteiger partial charge in [-0.05, 0) is 12.1 Å². The van der Waals surface area contributed by atoms with Crippen LogP contribution < -0.4 is 15.8 Å². The molecule has 1 aromatic rings. The number of ether oxygens (including phenoxy) is 1. The zero-order chi connectivity index (χ0) is 10.4. The zero-order valence-corrected chi connectivity index (χ0v) is 8.12. The van der Waals surface area contributed by atoms with Crippen molar-refractivity contribution in [3.05, 3.63) is 24.3 Å². The Bertz CT molecular complexity index is 313. The molecule has 0 bridgehead atoms. The lowest BCUT2D eigenvalue weighted by atomic mass is 10.3. The standard InChI is InChI=1S/C10H14N2O2/c1-14-9-5-3-2-4-8(9)12-10(13)6-7-11/h2-5H,6-7,11H2,1H3,(H,12,13). The minimum atomic E-state index is -0.1000. The number of benzene rings is 1. The molecule has 0 saturated carbocycles. The van der Waals surface area contributed by atoms with E-state index in [0.717, 1.165) is 0 Å². The fourth-order valence-corrected chi connectivity index (χ4v) is 1.09. The van der Waals surface area contributed by atoms with Crippen molar-refractivity contribution in [2.24, 2.45) is 5.73 Å². The second-order valence-corrected chi connectivity index (χ2v) is 2.79. The van der Waals surface area contributed by atoms with E-state index in [4.69, 9.17) is 10.5 Å². The van der Waals surface area contributed by atoms with Gasteiger partial charge < -0.3 is 15.8 Å². The molecule has 0 spiro atoms. The van der Waals surface area contributed by atoms with Crippen molar-refractivity contribution in [1.29, 1.82) is 0 Å². The van der Waals surface area contributed by atoms with Crippen molar-refractivity contribution >= 4 is 11.6 Å². The average Bonchev–Trinajstić information content (AvgIpc) is 2.19. The number of amides is 1. The molecule has 3 N–H and O–H groups in total. The number of rotatable bonds is 4. The predicted molar refractivity (Wildman–Crippen MR) is 55.3 cm³/mol. The molecule has 0 unspecified atom stereocenters. The van der Waals surface area contributed by atoms with Gasteiger partial charge in [0, 0.05) is 13.0 Å². The van der Waals surface area contributed by atoms with Gasteiger partial charge >= 0.3 is 0 Å². The van der Waals surface area contributed by atoms with Crippen LogP contribution in [-0.2, 0) is 4.79 Å². The molecule has 0 radical (unpaired) electrons. The first-order valence-electron chi connectivity index (χ1n) is 4.41. The molecule has 76 valence electrons. The van der Waals surface area contributed by atoms with Gasteiger partial charge in [0.15, 0.2) is 0 Å². The summed E-state index contributed by atoms with van der Waals surface area (Å²) in [4.78, 5) is 11.2. The van der Waals surface area contributed by atoms with Gasteiger partial charge in [-0.15, -0.1) is 0 Å². The van der Waals surface area contributed by atoms with Crippen LogP contribution >= 0.6 is 0 Å². The SMILES string of the molecule is COc1ccccc1NC(=O)CCN. The maximum absolute atomic E-state index is 11.2. The van der Waals surface area contributed by atoms with Crippen LogP contribution in [0.4, 0.5) is 5.69 Å². The number of carbonyl (C=O) groups is 1. The monoisotopic (exact) mass is 194 g/mol. The summed E-state index contributed by atoms with van der Waals surface area (Å²) in [6, 6.07) is 7.25. The molecule has 0 fully saturated rings. The smallest absolute Gasteiger partial charge is 0.225 e. The molecular weight excluding hydrogens is 180 g/mol. The van der Waals surface area contributed by atoms with Crippen LogP contribution in [0.25, 0.3) is 0 Å². The molecule has 0 aliphatic carbocycles. The van der Waals surface area contributed by atoms with Gasteiger partial charge in [0.2, 0.25) is 5.91 Å². The Kier molecular flexibility index (Phi) is 3.94. The van der Waals surface area contributed by atoms with E-state index in [-0.39, 0.29) is 5.91 Å². The van der Waals surface area contributed by atoms with Crippen molar-refractivity contribution in [3.63, 3.8) is 0 Å². The third-order valence-corrected chi connectivity index (χ3v) is 1.75. The molecule has 0 heterocycles. The molecule has 4 heteroatoms. The highest BCUT2D eigenvalue weighted by Crippen LogP contribution is 2.22. The first kappa shape index (κ1) is 10.5. The van der Waals surface area contributed by atoms with E-state index in [1.807, 2.05) is 12.1 Å². The van der Waals surface area contributed by atoms with E-state index in [0.29, 0.717) is 24.4 Å². The lowest BCUT2D eigenvalue weighted by molar-refractivity contribution is -0.116. The zero-order valence-electron chi connectivity index (χ0n) is 8.12. The van der Waals surface area contributed by atoms with Crippen LogP contribution in [0.15, 0.2) is 24.3 Å². The Labute approximate surface area is 83.1 Å². The summed E-state index contributed by atoms with van der Waals surface area (Å²) >= 11 is 0. The molecule has 14 heavy (non-hydrogen) atoms. The number of methoxy groups -OCH3 is 1. The van der Waals surface area contributed by atoms with E-state index in [1.54, 1.807) is 19.2 Å². The van der Waals surface area contributed by atoms with Crippen LogP contribution in [-0.4, -0.2) is 19.6 Å². The first-order chi connectivity index (χ1) is 6.77. The van der Waals surface area contributed by atoms with Gasteiger partial charge in [0.25, 0.3) is 0 Å². The number of hydrogen-bond acceptors (Lipinski definition) is 3. The molecule has 0 saturated heterocycles. The predicted octanol–water partition coefficient (Wildman–Crippen LogP) is 0.982. The Morgan fingerprint density at radius 2 is 2.21 bits per heavy atom. The number of anilines is 1. The van der Waals surface area contributed by atoms with Crippen molar-refractivity contribution in [2.75, 3.05) is 19.0 Å². The summed E-state index contributed by atoms with van der Waals surface area (Å²) < 4.78 is 5.08. The van der Waals surface area contributed by atoms with Gasteiger partial charge in [0.05, 0.1) is 12.8 Å². The van der Waals surface area contributed by atoms with Gasteiger partial charge in [-0.2, -0.15) is 0 Å². The summed E-state index contributed by atoms with van der Waals surface area (Å²) in [5, 5.41) is 2.72. The van der Waals surface area contributed by atoms with Gasteiger partial charge in [0.1, 0.15) is 5.75 Å². The van der Waals surface area contributed by atoms with E-state index >= 15 is 0 Å². The molecule has 0 atom stereocenters. The fourth-order valence-electron chi connectivity index (χ4n) is 1.09. The normalized spacial score (nSPS) is 9.57. The largest absolute Gasteiger partial charge is 0.495 e. The molecular formula is C10H14N2O2. The molecule has 1 aromatic carbocycles. The fraction of sp³-hybridized carbons (Fsp3) is 0.300. The molecule has 0 aliphatic heterocycles. The van der Waals surface area contributed by atoms with E-state index in [1.165, 1.54) is 0 Å². The third kappa shape index (κ3) is 2.74. The minimum Gasteiger partial charge on any atom is -0.495 e. The van der Waals surface area contributed by atoms with Crippen LogP contribution in [0.3, 0.4) is 0 Å².